The summed E-state index contributed by atoms with van der Waals surface area (Å²) < 4.78 is 5.42. The molecule has 0 aromatic heterocycles. The number of likely N-dealkylation sites (N-methyl/N-ethyl adjacent to an activating group) is 1. The molecule has 1 aromatic carbocycles. The summed E-state index contributed by atoms with van der Waals surface area (Å²) in [6.45, 7) is 1.53. The van der Waals surface area contributed by atoms with Gasteiger partial charge in [0, 0.05) is 20.1 Å². The SMILES string of the molecule is COc1ccccc1CC1CCCN1CC(=O)N(C)C. The van der Waals surface area contributed by atoms with E-state index in [2.05, 4.69) is 11.0 Å². The van der Waals surface area contributed by atoms with Crippen LogP contribution in [0.1, 0.15) is 18.4 Å². The van der Waals surface area contributed by atoms with E-state index < -0.39 is 0 Å². The molecule has 1 saturated heterocycles. The van der Waals surface area contributed by atoms with E-state index in [0.29, 0.717) is 12.6 Å². The smallest absolute Gasteiger partial charge is 0.236 e. The Morgan fingerprint density at radius 3 is 2.85 bits per heavy atom. The average molecular weight is 276 g/mol. The van der Waals surface area contributed by atoms with Gasteiger partial charge in [0.25, 0.3) is 0 Å². The van der Waals surface area contributed by atoms with Crippen LogP contribution in [0.4, 0.5) is 0 Å². The molecule has 1 unspecified atom stereocenters. The lowest BCUT2D eigenvalue weighted by Crippen LogP contribution is -2.40. The number of hydrogen-bond acceptors (Lipinski definition) is 3. The van der Waals surface area contributed by atoms with E-state index in [1.54, 1.807) is 12.0 Å². The average Bonchev–Trinajstić information content (AvgIpc) is 2.86. The van der Waals surface area contributed by atoms with E-state index >= 15 is 0 Å². The number of benzene rings is 1. The van der Waals surface area contributed by atoms with Crippen molar-refractivity contribution in [2.24, 2.45) is 0 Å². The van der Waals surface area contributed by atoms with Crippen LogP contribution in [-0.2, 0) is 11.2 Å². The van der Waals surface area contributed by atoms with Crippen molar-refractivity contribution in [2.75, 3.05) is 34.3 Å². The minimum atomic E-state index is 0.178. The van der Waals surface area contributed by atoms with E-state index in [-0.39, 0.29) is 5.91 Å². The number of carbonyl (C=O) groups excluding carboxylic acids is 1. The van der Waals surface area contributed by atoms with Crippen LogP contribution >= 0.6 is 0 Å². The molecule has 1 fully saturated rings. The zero-order valence-electron chi connectivity index (χ0n) is 12.6. The van der Waals surface area contributed by atoms with Crippen molar-refractivity contribution in [1.82, 2.24) is 9.80 Å². The maximum absolute atomic E-state index is 11.9. The highest BCUT2D eigenvalue weighted by Crippen LogP contribution is 2.25. The molecule has 0 saturated carbocycles. The summed E-state index contributed by atoms with van der Waals surface area (Å²) in [5.41, 5.74) is 1.23. The summed E-state index contributed by atoms with van der Waals surface area (Å²) in [5.74, 6) is 1.12. The lowest BCUT2D eigenvalue weighted by atomic mass is 10.0. The number of likely N-dealkylation sites (tertiary alicyclic amines) is 1. The third-order valence-electron chi connectivity index (χ3n) is 3.98. The monoisotopic (exact) mass is 276 g/mol. The molecule has 1 aliphatic rings. The van der Waals surface area contributed by atoms with Gasteiger partial charge in [-0.3, -0.25) is 9.69 Å². The fourth-order valence-corrected chi connectivity index (χ4v) is 2.78. The Labute approximate surface area is 121 Å². The zero-order valence-corrected chi connectivity index (χ0v) is 12.6. The molecule has 0 bridgehead atoms. The van der Waals surface area contributed by atoms with E-state index in [1.165, 1.54) is 12.0 Å². The second kappa shape index (κ2) is 6.75. The van der Waals surface area contributed by atoms with Gasteiger partial charge in [-0.1, -0.05) is 18.2 Å². The predicted molar refractivity (Wildman–Crippen MR) is 80.0 cm³/mol. The summed E-state index contributed by atoms with van der Waals surface area (Å²) in [7, 11) is 5.34. The quantitative estimate of drug-likeness (QED) is 0.822. The molecule has 4 heteroatoms. The first-order chi connectivity index (χ1) is 9.61. The number of hydrogen-bond donors (Lipinski definition) is 0. The minimum absolute atomic E-state index is 0.178. The van der Waals surface area contributed by atoms with Gasteiger partial charge < -0.3 is 9.64 Å². The summed E-state index contributed by atoms with van der Waals surface area (Å²) in [5, 5.41) is 0. The summed E-state index contributed by atoms with van der Waals surface area (Å²) in [6, 6.07) is 8.59. The molecule has 1 aliphatic heterocycles. The third-order valence-corrected chi connectivity index (χ3v) is 3.98. The highest BCUT2D eigenvalue weighted by molar-refractivity contribution is 5.77. The second-order valence-corrected chi connectivity index (χ2v) is 5.57. The van der Waals surface area contributed by atoms with E-state index in [1.807, 2.05) is 32.3 Å². The summed E-state index contributed by atoms with van der Waals surface area (Å²) in [6.07, 6.45) is 3.27. The Hall–Kier alpha value is -1.55. The van der Waals surface area contributed by atoms with Gasteiger partial charge in [0.2, 0.25) is 5.91 Å². The number of para-hydroxylation sites is 1. The molecule has 2 rings (SSSR count). The maximum atomic E-state index is 11.9. The molecule has 1 aromatic rings. The van der Waals surface area contributed by atoms with Crippen LogP contribution in [0.5, 0.6) is 5.75 Å². The highest BCUT2D eigenvalue weighted by Gasteiger charge is 2.27. The number of ether oxygens (including phenoxy) is 1. The molecule has 0 radical (unpaired) electrons. The maximum Gasteiger partial charge on any atom is 0.236 e. The van der Waals surface area contributed by atoms with Gasteiger partial charge in [-0.25, -0.2) is 0 Å². The Morgan fingerprint density at radius 1 is 1.40 bits per heavy atom. The van der Waals surface area contributed by atoms with Crippen molar-refractivity contribution in [3.05, 3.63) is 29.8 Å². The van der Waals surface area contributed by atoms with Gasteiger partial charge >= 0.3 is 0 Å². The number of amides is 1. The molecular formula is C16H24N2O2. The molecule has 1 heterocycles. The first kappa shape index (κ1) is 14.9. The molecule has 0 aliphatic carbocycles. The van der Waals surface area contributed by atoms with E-state index in [4.69, 9.17) is 4.74 Å². The zero-order chi connectivity index (χ0) is 14.5. The Balaban J connectivity index is 2.02. The Kier molecular flexibility index (Phi) is 5.01. The normalized spacial score (nSPS) is 19.1. The molecule has 1 atom stereocenters. The van der Waals surface area contributed by atoms with Crippen LogP contribution < -0.4 is 4.74 Å². The van der Waals surface area contributed by atoms with Crippen molar-refractivity contribution in [3.63, 3.8) is 0 Å². The summed E-state index contributed by atoms with van der Waals surface area (Å²) in [4.78, 5) is 15.8. The fourth-order valence-electron chi connectivity index (χ4n) is 2.78. The standard InChI is InChI=1S/C16H24N2O2/c1-17(2)16(19)12-18-10-6-8-14(18)11-13-7-4-5-9-15(13)20-3/h4-5,7,9,14H,6,8,10-12H2,1-3H3. The third kappa shape index (κ3) is 3.51. The van der Waals surface area contributed by atoms with Crippen molar-refractivity contribution >= 4 is 5.91 Å². The molecule has 20 heavy (non-hydrogen) atoms. The lowest BCUT2D eigenvalue weighted by Gasteiger charge is -2.25. The molecule has 1 amide bonds. The van der Waals surface area contributed by atoms with Crippen LogP contribution in [0, 0.1) is 0 Å². The number of rotatable bonds is 5. The minimum Gasteiger partial charge on any atom is -0.496 e. The molecule has 0 spiro atoms. The first-order valence-electron chi connectivity index (χ1n) is 7.18. The fraction of sp³-hybridized carbons (Fsp3) is 0.562. The largest absolute Gasteiger partial charge is 0.496 e. The van der Waals surface area contributed by atoms with Crippen LogP contribution in [0.25, 0.3) is 0 Å². The van der Waals surface area contributed by atoms with Gasteiger partial charge in [0.1, 0.15) is 5.75 Å². The lowest BCUT2D eigenvalue weighted by molar-refractivity contribution is -0.130. The van der Waals surface area contributed by atoms with Gasteiger partial charge in [0.05, 0.1) is 13.7 Å². The first-order valence-corrected chi connectivity index (χ1v) is 7.18. The van der Waals surface area contributed by atoms with Gasteiger partial charge in [-0.2, -0.15) is 0 Å². The van der Waals surface area contributed by atoms with Crippen LogP contribution in [0.3, 0.4) is 0 Å². The van der Waals surface area contributed by atoms with E-state index in [9.17, 15) is 4.79 Å². The van der Waals surface area contributed by atoms with Crippen LogP contribution in [0.2, 0.25) is 0 Å². The Morgan fingerprint density at radius 2 is 2.15 bits per heavy atom. The van der Waals surface area contributed by atoms with Crippen LogP contribution in [-0.4, -0.2) is 56.0 Å². The van der Waals surface area contributed by atoms with Gasteiger partial charge in [0.15, 0.2) is 0 Å². The van der Waals surface area contributed by atoms with Crippen molar-refractivity contribution in [3.8, 4) is 5.75 Å². The number of methoxy groups -OCH3 is 1. The van der Waals surface area contributed by atoms with Crippen molar-refractivity contribution in [1.29, 1.82) is 0 Å². The second-order valence-electron chi connectivity index (χ2n) is 5.57. The van der Waals surface area contributed by atoms with Crippen molar-refractivity contribution in [2.45, 2.75) is 25.3 Å². The van der Waals surface area contributed by atoms with Gasteiger partial charge in [-0.15, -0.1) is 0 Å². The number of carbonyl (C=O) groups is 1. The van der Waals surface area contributed by atoms with Crippen molar-refractivity contribution < 1.29 is 9.53 Å². The molecule has 4 nitrogen and oxygen atoms in total. The number of nitrogens with zero attached hydrogens (tertiary/aromatic N) is 2. The highest BCUT2D eigenvalue weighted by atomic mass is 16.5. The molecule has 110 valence electrons. The molecular weight excluding hydrogens is 252 g/mol. The van der Waals surface area contributed by atoms with E-state index in [0.717, 1.165) is 25.1 Å². The molecule has 0 N–H and O–H groups in total. The van der Waals surface area contributed by atoms with Gasteiger partial charge in [-0.05, 0) is 37.4 Å². The summed E-state index contributed by atoms with van der Waals surface area (Å²) >= 11 is 0. The Bertz CT molecular complexity index is 460. The topological polar surface area (TPSA) is 32.8 Å². The van der Waals surface area contributed by atoms with Crippen LogP contribution in [0.15, 0.2) is 24.3 Å². The predicted octanol–water partition coefficient (Wildman–Crippen LogP) is 1.79.